The molecule has 0 aliphatic rings. The first kappa shape index (κ1) is 22.6. The maximum Gasteiger partial charge on any atom is 0.269 e. The highest BCUT2D eigenvalue weighted by atomic mass is 35.5. The van der Waals surface area contributed by atoms with Crippen LogP contribution in [0.15, 0.2) is 88.2 Å². The van der Waals surface area contributed by atoms with E-state index in [1.807, 2.05) is 0 Å². The van der Waals surface area contributed by atoms with Crippen molar-refractivity contribution in [3.63, 3.8) is 0 Å². The third kappa shape index (κ3) is 5.08. The summed E-state index contributed by atoms with van der Waals surface area (Å²) in [5.41, 5.74) is 1.02. The summed E-state index contributed by atoms with van der Waals surface area (Å²) in [7, 11) is -3.91. The Morgan fingerprint density at radius 1 is 0.909 bits per heavy atom. The number of hydrogen-bond donors (Lipinski definition) is 0. The van der Waals surface area contributed by atoms with Crippen LogP contribution in [0.5, 0.6) is 0 Å². The van der Waals surface area contributed by atoms with Crippen molar-refractivity contribution in [1.82, 2.24) is 14.5 Å². The van der Waals surface area contributed by atoms with Crippen LogP contribution >= 0.6 is 11.6 Å². The predicted octanol–water partition coefficient (Wildman–Crippen LogP) is 4.69. The molecule has 1 aromatic heterocycles. The fourth-order valence-electron chi connectivity index (χ4n) is 3.09. The first-order valence-corrected chi connectivity index (χ1v) is 11.5. The Morgan fingerprint density at radius 3 is 2.24 bits per heavy atom. The van der Waals surface area contributed by atoms with Crippen molar-refractivity contribution in [1.29, 1.82) is 0 Å². The standard InChI is InChI=1S/C22H17ClN4O5S/c23-20-9-5-4-6-17(20)14-26(33(30,31)19-7-2-1-3-8-19)15-21-24-25-22(32-21)16-10-12-18(13-11-16)27(28)29/h1-13H,14-15H2. The maximum atomic E-state index is 13.4. The Hall–Kier alpha value is -3.60. The molecule has 9 nitrogen and oxygen atoms in total. The molecule has 168 valence electrons. The van der Waals surface area contributed by atoms with E-state index in [0.717, 1.165) is 0 Å². The number of hydrogen-bond acceptors (Lipinski definition) is 7. The number of benzene rings is 3. The summed E-state index contributed by atoms with van der Waals surface area (Å²) in [6, 6.07) is 20.6. The molecule has 33 heavy (non-hydrogen) atoms. The van der Waals surface area contributed by atoms with Gasteiger partial charge in [-0.3, -0.25) is 10.1 Å². The van der Waals surface area contributed by atoms with Gasteiger partial charge in [0.25, 0.3) is 5.69 Å². The number of aromatic nitrogens is 2. The molecule has 1 heterocycles. The van der Waals surface area contributed by atoms with E-state index in [2.05, 4.69) is 10.2 Å². The molecule has 0 amide bonds. The van der Waals surface area contributed by atoms with Gasteiger partial charge in [0.2, 0.25) is 21.8 Å². The summed E-state index contributed by atoms with van der Waals surface area (Å²) < 4.78 is 33.6. The second-order valence-corrected chi connectivity index (χ2v) is 9.33. The topological polar surface area (TPSA) is 119 Å². The van der Waals surface area contributed by atoms with E-state index in [1.54, 1.807) is 42.5 Å². The molecule has 0 saturated heterocycles. The van der Waals surface area contributed by atoms with E-state index in [9.17, 15) is 18.5 Å². The molecule has 0 atom stereocenters. The second kappa shape index (κ2) is 9.49. The van der Waals surface area contributed by atoms with E-state index in [0.29, 0.717) is 16.1 Å². The Morgan fingerprint density at radius 2 is 1.58 bits per heavy atom. The molecule has 0 aliphatic carbocycles. The highest BCUT2D eigenvalue weighted by Gasteiger charge is 2.27. The van der Waals surface area contributed by atoms with Crippen LogP contribution in [0.2, 0.25) is 5.02 Å². The van der Waals surface area contributed by atoms with E-state index in [-0.39, 0.29) is 35.5 Å². The summed E-state index contributed by atoms with van der Waals surface area (Å²) in [4.78, 5) is 10.4. The van der Waals surface area contributed by atoms with Gasteiger partial charge < -0.3 is 4.42 Å². The molecule has 0 fully saturated rings. The van der Waals surface area contributed by atoms with Gasteiger partial charge in [-0.25, -0.2) is 8.42 Å². The normalized spacial score (nSPS) is 11.6. The lowest BCUT2D eigenvalue weighted by molar-refractivity contribution is -0.384. The monoisotopic (exact) mass is 484 g/mol. The number of rotatable bonds is 8. The van der Waals surface area contributed by atoms with Crippen molar-refractivity contribution in [2.75, 3.05) is 0 Å². The molecule has 11 heteroatoms. The van der Waals surface area contributed by atoms with Crippen LogP contribution in [-0.2, 0) is 23.1 Å². The van der Waals surface area contributed by atoms with Crippen LogP contribution in [-0.4, -0.2) is 27.8 Å². The third-order valence-corrected chi connectivity index (χ3v) is 6.96. The van der Waals surface area contributed by atoms with Gasteiger partial charge in [0.1, 0.15) is 0 Å². The zero-order valence-corrected chi connectivity index (χ0v) is 18.6. The van der Waals surface area contributed by atoms with Gasteiger partial charge in [-0.2, -0.15) is 4.31 Å². The van der Waals surface area contributed by atoms with Crippen LogP contribution in [0.25, 0.3) is 11.5 Å². The van der Waals surface area contributed by atoms with Gasteiger partial charge in [-0.15, -0.1) is 10.2 Å². The Labute approximate surface area is 194 Å². The largest absolute Gasteiger partial charge is 0.419 e. The van der Waals surface area contributed by atoms with Crippen LogP contribution in [0, 0.1) is 10.1 Å². The van der Waals surface area contributed by atoms with Gasteiger partial charge in [-0.1, -0.05) is 48.0 Å². The number of nitro groups is 1. The minimum Gasteiger partial charge on any atom is -0.419 e. The maximum absolute atomic E-state index is 13.4. The smallest absolute Gasteiger partial charge is 0.269 e. The number of nitrogens with zero attached hydrogens (tertiary/aromatic N) is 4. The van der Waals surface area contributed by atoms with Gasteiger partial charge in [-0.05, 0) is 35.9 Å². The average molecular weight is 485 g/mol. The molecule has 0 radical (unpaired) electrons. The number of halogens is 1. The summed E-state index contributed by atoms with van der Waals surface area (Å²) in [6.45, 7) is -0.200. The van der Waals surface area contributed by atoms with Crippen molar-refractivity contribution >= 4 is 27.3 Å². The molecule has 4 aromatic rings. The Balaban J connectivity index is 1.64. The lowest BCUT2D eigenvalue weighted by Crippen LogP contribution is -2.30. The summed E-state index contributed by atoms with van der Waals surface area (Å²) in [5, 5.41) is 19.2. The Kier molecular flexibility index (Phi) is 6.50. The molecule has 0 spiro atoms. The van der Waals surface area contributed by atoms with Crippen molar-refractivity contribution < 1.29 is 17.8 Å². The minimum atomic E-state index is -3.91. The quantitative estimate of drug-likeness (QED) is 0.263. The van der Waals surface area contributed by atoms with Crippen molar-refractivity contribution in [3.8, 4) is 11.5 Å². The predicted molar refractivity (Wildman–Crippen MR) is 121 cm³/mol. The van der Waals surface area contributed by atoms with Crippen LogP contribution in [0.4, 0.5) is 5.69 Å². The molecule has 0 bridgehead atoms. The minimum absolute atomic E-state index is 0.00779. The molecule has 0 saturated carbocycles. The first-order chi connectivity index (χ1) is 15.8. The zero-order chi connectivity index (χ0) is 23.4. The molecule has 0 unspecified atom stereocenters. The fraction of sp³-hybridized carbons (Fsp3) is 0.0909. The van der Waals surface area contributed by atoms with Gasteiger partial charge in [0.05, 0.1) is 16.4 Å². The lowest BCUT2D eigenvalue weighted by atomic mass is 10.2. The number of nitro benzene ring substituents is 1. The van der Waals surface area contributed by atoms with Gasteiger partial charge >= 0.3 is 0 Å². The van der Waals surface area contributed by atoms with Crippen LogP contribution in [0.3, 0.4) is 0 Å². The first-order valence-electron chi connectivity index (χ1n) is 9.70. The SMILES string of the molecule is O=[N+]([O-])c1ccc(-c2nnc(CN(Cc3ccccc3Cl)S(=O)(=O)c3ccccc3)o2)cc1. The number of sulfonamides is 1. The molecular weight excluding hydrogens is 468 g/mol. The van der Waals surface area contributed by atoms with E-state index >= 15 is 0 Å². The van der Waals surface area contributed by atoms with E-state index < -0.39 is 14.9 Å². The van der Waals surface area contributed by atoms with E-state index in [1.165, 1.54) is 40.7 Å². The van der Waals surface area contributed by atoms with Gasteiger partial charge in [0, 0.05) is 29.3 Å². The highest BCUT2D eigenvalue weighted by Crippen LogP contribution is 2.26. The van der Waals surface area contributed by atoms with Crippen molar-refractivity contribution in [2.45, 2.75) is 18.0 Å². The molecule has 4 rings (SSSR count). The molecular formula is C22H17ClN4O5S. The zero-order valence-electron chi connectivity index (χ0n) is 17.0. The fourth-order valence-corrected chi connectivity index (χ4v) is 4.68. The summed E-state index contributed by atoms with van der Waals surface area (Å²) in [6.07, 6.45) is 0. The summed E-state index contributed by atoms with van der Waals surface area (Å²) in [5.74, 6) is 0.185. The van der Waals surface area contributed by atoms with Gasteiger partial charge in [0.15, 0.2) is 0 Å². The van der Waals surface area contributed by atoms with Crippen molar-refractivity contribution in [2.24, 2.45) is 0 Å². The van der Waals surface area contributed by atoms with E-state index in [4.69, 9.17) is 16.0 Å². The van der Waals surface area contributed by atoms with Crippen LogP contribution < -0.4 is 0 Å². The Bertz CT molecular complexity index is 1380. The lowest BCUT2D eigenvalue weighted by Gasteiger charge is -2.21. The average Bonchev–Trinajstić information content (AvgIpc) is 3.29. The number of non-ortho nitro benzene ring substituents is 1. The van der Waals surface area contributed by atoms with Crippen molar-refractivity contribution in [3.05, 3.63) is 105 Å². The van der Waals surface area contributed by atoms with Crippen LogP contribution in [0.1, 0.15) is 11.5 Å². The summed E-state index contributed by atoms with van der Waals surface area (Å²) >= 11 is 6.27. The second-order valence-electron chi connectivity index (χ2n) is 6.98. The molecule has 3 aromatic carbocycles. The molecule has 0 N–H and O–H groups in total. The highest BCUT2D eigenvalue weighted by molar-refractivity contribution is 7.89. The molecule has 0 aliphatic heterocycles. The third-order valence-electron chi connectivity index (χ3n) is 4.79.